The van der Waals surface area contributed by atoms with Crippen molar-refractivity contribution in [3.63, 3.8) is 0 Å². The fourth-order valence-electron chi connectivity index (χ4n) is 2.44. The second-order valence-corrected chi connectivity index (χ2v) is 8.13. The molecule has 0 N–H and O–H groups in total. The molecule has 0 aliphatic heterocycles. The van der Waals surface area contributed by atoms with Crippen molar-refractivity contribution in [1.29, 1.82) is 0 Å². The Morgan fingerprint density at radius 3 is 1.21 bits per heavy atom. The number of benzene rings is 2. The summed E-state index contributed by atoms with van der Waals surface area (Å²) in [7, 11) is 0. The Kier molecular flexibility index (Phi) is 19.5. The van der Waals surface area contributed by atoms with Crippen LogP contribution in [0.5, 0.6) is 0 Å². The van der Waals surface area contributed by atoms with Gasteiger partial charge in [0.15, 0.2) is 0 Å². The van der Waals surface area contributed by atoms with Crippen LogP contribution in [-0.2, 0) is 25.8 Å². The summed E-state index contributed by atoms with van der Waals surface area (Å²) in [6, 6.07) is 20.7. The summed E-state index contributed by atoms with van der Waals surface area (Å²) in [4.78, 5) is 0. The molecule has 2 aromatic rings. The number of halogens is 2. The Morgan fingerprint density at radius 2 is 0.964 bits per heavy atom. The van der Waals surface area contributed by atoms with Crippen LogP contribution in [0.15, 0.2) is 85.0 Å². The molecule has 0 spiro atoms. The van der Waals surface area contributed by atoms with Crippen LogP contribution in [0, 0.1) is 12.2 Å². The Morgan fingerprint density at radius 1 is 0.643 bits per heavy atom. The first kappa shape index (κ1) is 29.6. The van der Waals surface area contributed by atoms with E-state index in [-0.39, 0.29) is 50.7 Å². The molecule has 0 unspecified atom stereocenters. The number of hydrogen-bond donors (Lipinski definition) is 0. The monoisotopic (exact) mass is 639 g/mol. The molecule has 4 rings (SSSR count). The average Bonchev–Trinajstić information content (AvgIpc) is 3.39. The van der Waals surface area contributed by atoms with Gasteiger partial charge < -0.3 is 0 Å². The van der Waals surface area contributed by atoms with Crippen LogP contribution in [0.1, 0.15) is 24.0 Å². The fraction of sp³-hybridized carbons (Fsp3) is 0.167. The summed E-state index contributed by atoms with van der Waals surface area (Å²) < 4.78 is 0. The first-order valence-corrected chi connectivity index (χ1v) is 13.6. The second-order valence-electron chi connectivity index (χ2n) is 5.70. The molecular weight excluding hydrogens is 610 g/mol. The van der Waals surface area contributed by atoms with Crippen LogP contribution in [-0.4, -0.2) is 15.4 Å². The van der Waals surface area contributed by atoms with Crippen LogP contribution < -0.4 is 0 Å². The van der Waals surface area contributed by atoms with Crippen LogP contribution in [0.25, 0.3) is 11.1 Å². The maximum atomic E-state index is 3.28. The van der Waals surface area contributed by atoms with Gasteiger partial charge in [-0.15, -0.1) is 72.4 Å². The van der Waals surface area contributed by atoms with E-state index in [2.05, 4.69) is 96.5 Å². The van der Waals surface area contributed by atoms with Gasteiger partial charge in [-0.1, -0.05) is 49.2 Å². The van der Waals surface area contributed by atoms with Crippen molar-refractivity contribution < 1.29 is 25.8 Å². The van der Waals surface area contributed by atoms with Gasteiger partial charge in [0, 0.05) is 25.8 Å². The smallest absolute Gasteiger partial charge is 0 e. The summed E-state index contributed by atoms with van der Waals surface area (Å²) in [6.07, 6.45) is 17.0. The molecule has 0 saturated heterocycles. The van der Waals surface area contributed by atoms with Gasteiger partial charge in [0.05, 0.1) is 0 Å². The van der Waals surface area contributed by atoms with E-state index in [1.807, 2.05) is 12.1 Å². The zero-order valence-corrected chi connectivity index (χ0v) is 24.0. The molecule has 2 aromatic carbocycles. The summed E-state index contributed by atoms with van der Waals surface area (Å²) in [5, 5.41) is 0. The van der Waals surface area contributed by atoms with E-state index in [9.17, 15) is 0 Å². The fourth-order valence-corrected chi connectivity index (χ4v) is 2.44. The molecule has 0 aromatic heterocycles. The van der Waals surface area contributed by atoms with Crippen molar-refractivity contribution in [3.8, 4) is 0 Å². The quantitative estimate of drug-likeness (QED) is 0.245. The van der Waals surface area contributed by atoms with Crippen LogP contribution in [0.4, 0.5) is 0 Å². The van der Waals surface area contributed by atoms with E-state index in [1.54, 1.807) is 0 Å². The van der Waals surface area contributed by atoms with E-state index in [4.69, 9.17) is 0 Å². The molecule has 0 amide bonds. The SMILES string of the molecule is Cl.Cl.[C-]1=C(c2ccccc2)C=CC1.[C-]1=C(c2ccccc2)C=CC1.[CH3][GeH][CH3].[Hf]. The van der Waals surface area contributed by atoms with Gasteiger partial charge in [-0.05, 0) is 0 Å². The van der Waals surface area contributed by atoms with E-state index in [1.165, 1.54) is 22.3 Å². The Bertz CT molecular complexity index is 685. The molecule has 147 valence electrons. The summed E-state index contributed by atoms with van der Waals surface area (Å²) in [5.41, 5.74) is 4.98. The number of rotatable bonds is 2. The van der Waals surface area contributed by atoms with Crippen molar-refractivity contribution in [2.45, 2.75) is 24.4 Å². The van der Waals surface area contributed by atoms with Gasteiger partial charge in [-0.3, -0.25) is 0 Å². The first-order chi connectivity index (χ1) is 12.3. The van der Waals surface area contributed by atoms with Crippen molar-refractivity contribution in [1.82, 2.24) is 0 Å². The van der Waals surface area contributed by atoms with Crippen molar-refractivity contribution in [2.24, 2.45) is 0 Å². The predicted molar refractivity (Wildman–Crippen MR) is 127 cm³/mol. The van der Waals surface area contributed by atoms with Crippen molar-refractivity contribution in [2.75, 3.05) is 0 Å². The molecular formula is C24H27Cl2GeHf-2. The van der Waals surface area contributed by atoms with Crippen LogP contribution >= 0.6 is 24.8 Å². The minimum atomic E-state index is 0. The standard InChI is InChI=1S/2C11H9.C2H7Ge.2ClH.Hf/c2*1-2-6-10(7-3-1)11-8-4-5-9-11;1-3-2;;;/h2*1-4,6-8H,5H2;3H,1-2H3;2*1H;/q2*-1;;;;. The van der Waals surface area contributed by atoms with E-state index in [0.29, 0.717) is 15.4 Å². The van der Waals surface area contributed by atoms with Crippen LogP contribution in [0.2, 0.25) is 11.5 Å². The number of hydrogen-bond acceptors (Lipinski definition) is 0. The van der Waals surface area contributed by atoms with E-state index >= 15 is 0 Å². The van der Waals surface area contributed by atoms with Gasteiger partial charge >= 0.3 is 26.9 Å². The molecule has 0 fully saturated rings. The average molecular weight is 637 g/mol. The Balaban J connectivity index is 0. The minimum Gasteiger partial charge on any atom is 0 e. The summed E-state index contributed by atoms with van der Waals surface area (Å²) in [6.45, 7) is 0. The molecule has 28 heavy (non-hydrogen) atoms. The second kappa shape index (κ2) is 18.4. The van der Waals surface area contributed by atoms with E-state index < -0.39 is 0 Å². The molecule has 0 saturated carbocycles. The molecule has 0 nitrogen and oxygen atoms in total. The van der Waals surface area contributed by atoms with E-state index in [0.717, 1.165) is 12.8 Å². The molecule has 1 radical (unpaired) electrons. The van der Waals surface area contributed by atoms with Gasteiger partial charge in [0.1, 0.15) is 0 Å². The third kappa shape index (κ3) is 10.8. The molecule has 0 heterocycles. The zero-order valence-electron chi connectivity index (χ0n) is 16.4. The van der Waals surface area contributed by atoms with Gasteiger partial charge in [0.2, 0.25) is 0 Å². The molecule has 0 atom stereocenters. The summed E-state index contributed by atoms with van der Waals surface area (Å²) >= 11 is 0.312. The third-order valence-corrected chi connectivity index (χ3v) is 3.56. The topological polar surface area (TPSA) is 0 Å². The van der Waals surface area contributed by atoms with Gasteiger partial charge in [-0.25, -0.2) is 0 Å². The Labute approximate surface area is 208 Å². The third-order valence-electron chi connectivity index (χ3n) is 3.56. The predicted octanol–water partition coefficient (Wildman–Crippen LogP) is 7.03. The number of allylic oxidation sites excluding steroid dienone is 8. The molecule has 0 bridgehead atoms. The molecule has 4 heteroatoms. The van der Waals surface area contributed by atoms with Crippen LogP contribution in [0.3, 0.4) is 0 Å². The van der Waals surface area contributed by atoms with Crippen molar-refractivity contribution in [3.05, 3.63) is 108 Å². The maximum absolute atomic E-state index is 3.28. The normalized spacial score (nSPS) is 12.5. The van der Waals surface area contributed by atoms with Gasteiger partial charge in [-0.2, -0.15) is 35.5 Å². The largest absolute Gasteiger partial charge is 0 e. The maximum Gasteiger partial charge on any atom is 0 e. The van der Waals surface area contributed by atoms with Crippen molar-refractivity contribution >= 4 is 51.4 Å². The van der Waals surface area contributed by atoms with Gasteiger partial charge in [0.25, 0.3) is 0 Å². The minimum absolute atomic E-state index is 0. The first-order valence-electron chi connectivity index (χ1n) is 8.74. The molecule has 2 aliphatic carbocycles. The summed E-state index contributed by atoms with van der Waals surface area (Å²) in [5.74, 6) is 4.56. The Hall–Kier alpha value is -0.607. The molecule has 2 aliphatic rings. The zero-order chi connectivity index (χ0) is 17.7.